The van der Waals surface area contributed by atoms with E-state index in [2.05, 4.69) is 23.8 Å². The van der Waals surface area contributed by atoms with Crippen molar-refractivity contribution < 1.29 is 9.47 Å². The van der Waals surface area contributed by atoms with Crippen LogP contribution in [0.4, 0.5) is 5.82 Å². The Labute approximate surface area is 96.0 Å². The number of nitrogens with two attached hydrogens (primary N) is 1. The Morgan fingerprint density at radius 2 is 2.06 bits per heavy atom. The summed E-state index contributed by atoms with van der Waals surface area (Å²) in [6, 6.07) is 0. The first kappa shape index (κ1) is 12.7. The molecule has 0 aliphatic carbocycles. The fourth-order valence-corrected chi connectivity index (χ4v) is 1.11. The average Bonchev–Trinajstić information content (AvgIpc) is 2.23. The molecule has 16 heavy (non-hydrogen) atoms. The van der Waals surface area contributed by atoms with Crippen LogP contribution in [-0.2, 0) is 4.74 Å². The molecule has 1 aromatic rings. The number of rotatable bonds is 6. The molecule has 0 aromatic carbocycles. The molecule has 2 N–H and O–H groups in total. The highest BCUT2D eigenvalue weighted by Crippen LogP contribution is 2.16. The van der Waals surface area contributed by atoms with Crippen molar-refractivity contribution in [1.29, 1.82) is 0 Å². The third-order valence-electron chi connectivity index (χ3n) is 1.99. The first-order chi connectivity index (χ1) is 7.61. The van der Waals surface area contributed by atoms with Crippen LogP contribution in [0, 0.1) is 12.8 Å². The fourth-order valence-electron chi connectivity index (χ4n) is 1.11. The molecule has 0 radical (unpaired) electrons. The van der Waals surface area contributed by atoms with Crippen LogP contribution in [0.3, 0.4) is 0 Å². The number of ether oxygens (including phenoxy) is 2. The van der Waals surface area contributed by atoms with Gasteiger partial charge in [-0.25, -0.2) is 9.97 Å². The number of nitrogen functional groups attached to an aromatic ring is 1. The van der Waals surface area contributed by atoms with Gasteiger partial charge in [-0.05, 0) is 12.8 Å². The summed E-state index contributed by atoms with van der Waals surface area (Å²) >= 11 is 0. The Morgan fingerprint density at radius 1 is 1.31 bits per heavy atom. The quantitative estimate of drug-likeness (QED) is 0.741. The maximum absolute atomic E-state index is 5.63. The maximum atomic E-state index is 5.63. The predicted molar refractivity (Wildman–Crippen MR) is 62.3 cm³/mol. The van der Waals surface area contributed by atoms with Gasteiger partial charge >= 0.3 is 0 Å². The van der Waals surface area contributed by atoms with E-state index in [4.69, 9.17) is 15.2 Å². The Kier molecular flexibility index (Phi) is 4.98. The molecule has 1 rings (SSSR count). The average molecular weight is 225 g/mol. The summed E-state index contributed by atoms with van der Waals surface area (Å²) in [5.74, 6) is 1.52. The van der Waals surface area contributed by atoms with Crippen LogP contribution in [-0.4, -0.2) is 29.8 Å². The smallest absolute Gasteiger partial charge is 0.221 e. The Bertz CT molecular complexity index is 329. The van der Waals surface area contributed by atoms with E-state index in [1.165, 1.54) is 6.33 Å². The molecule has 0 saturated carbocycles. The Hall–Kier alpha value is -1.36. The van der Waals surface area contributed by atoms with Crippen LogP contribution in [0.5, 0.6) is 5.88 Å². The highest BCUT2D eigenvalue weighted by Gasteiger charge is 2.04. The van der Waals surface area contributed by atoms with E-state index in [0.29, 0.717) is 30.8 Å². The lowest BCUT2D eigenvalue weighted by Gasteiger charge is -2.10. The van der Waals surface area contributed by atoms with Crippen LogP contribution >= 0.6 is 0 Å². The summed E-state index contributed by atoms with van der Waals surface area (Å²) < 4.78 is 10.8. The molecule has 0 atom stereocenters. The van der Waals surface area contributed by atoms with Crippen molar-refractivity contribution >= 4 is 5.82 Å². The number of anilines is 1. The Morgan fingerprint density at radius 3 is 2.75 bits per heavy atom. The molecule has 0 aliphatic heterocycles. The molecule has 0 aliphatic rings. The van der Waals surface area contributed by atoms with Gasteiger partial charge in [-0.3, -0.25) is 0 Å². The molecule has 0 fully saturated rings. The molecular formula is C11H19N3O2. The molecule has 1 aromatic heterocycles. The van der Waals surface area contributed by atoms with Gasteiger partial charge in [-0.15, -0.1) is 0 Å². The van der Waals surface area contributed by atoms with E-state index in [0.717, 1.165) is 12.2 Å². The van der Waals surface area contributed by atoms with E-state index in [1.807, 2.05) is 6.92 Å². The topological polar surface area (TPSA) is 70.3 Å². The third-order valence-corrected chi connectivity index (χ3v) is 1.99. The van der Waals surface area contributed by atoms with Crippen LogP contribution in [0.25, 0.3) is 0 Å². The first-order valence-electron chi connectivity index (χ1n) is 5.39. The lowest BCUT2D eigenvalue weighted by molar-refractivity contribution is 0.0804. The molecular weight excluding hydrogens is 206 g/mol. The molecule has 0 unspecified atom stereocenters. The van der Waals surface area contributed by atoms with Crippen LogP contribution in [0.1, 0.15) is 19.4 Å². The molecule has 1 heterocycles. The minimum atomic E-state index is 0.452. The van der Waals surface area contributed by atoms with Gasteiger partial charge in [0.15, 0.2) is 0 Å². The van der Waals surface area contributed by atoms with Crippen molar-refractivity contribution in [3.05, 3.63) is 11.9 Å². The van der Waals surface area contributed by atoms with Crippen molar-refractivity contribution in [3.63, 3.8) is 0 Å². The highest BCUT2D eigenvalue weighted by molar-refractivity contribution is 5.42. The fraction of sp³-hybridized carbons (Fsp3) is 0.636. The minimum Gasteiger partial charge on any atom is -0.475 e. The van der Waals surface area contributed by atoms with Crippen LogP contribution in [0.2, 0.25) is 0 Å². The maximum Gasteiger partial charge on any atom is 0.221 e. The zero-order chi connectivity index (χ0) is 12.0. The molecule has 0 bridgehead atoms. The largest absolute Gasteiger partial charge is 0.475 e. The number of hydrogen-bond acceptors (Lipinski definition) is 5. The lowest BCUT2D eigenvalue weighted by atomic mass is 10.2. The summed E-state index contributed by atoms with van der Waals surface area (Å²) in [7, 11) is 0. The third kappa shape index (κ3) is 4.02. The van der Waals surface area contributed by atoms with Crippen molar-refractivity contribution in [2.75, 3.05) is 25.6 Å². The van der Waals surface area contributed by atoms with Gasteiger partial charge in [0.1, 0.15) is 18.8 Å². The summed E-state index contributed by atoms with van der Waals surface area (Å²) in [5.41, 5.74) is 6.40. The lowest BCUT2D eigenvalue weighted by Crippen LogP contribution is -2.11. The second-order valence-corrected chi connectivity index (χ2v) is 4.01. The summed E-state index contributed by atoms with van der Waals surface area (Å²) in [4.78, 5) is 7.87. The molecule has 5 nitrogen and oxygen atoms in total. The summed E-state index contributed by atoms with van der Waals surface area (Å²) in [6.45, 7) is 7.83. The number of nitrogens with zero attached hydrogens (tertiary/aromatic N) is 2. The van der Waals surface area contributed by atoms with Gasteiger partial charge in [-0.2, -0.15) is 0 Å². The van der Waals surface area contributed by atoms with E-state index >= 15 is 0 Å². The second-order valence-electron chi connectivity index (χ2n) is 4.01. The summed E-state index contributed by atoms with van der Waals surface area (Å²) in [5, 5.41) is 0. The van der Waals surface area contributed by atoms with E-state index in [-0.39, 0.29) is 0 Å². The van der Waals surface area contributed by atoms with Gasteiger partial charge in [-0.1, -0.05) is 13.8 Å². The molecule has 0 amide bonds. The molecule has 90 valence electrons. The van der Waals surface area contributed by atoms with Gasteiger partial charge in [0, 0.05) is 6.61 Å². The van der Waals surface area contributed by atoms with E-state index < -0.39 is 0 Å². The van der Waals surface area contributed by atoms with Crippen molar-refractivity contribution in [2.45, 2.75) is 20.8 Å². The van der Waals surface area contributed by atoms with Gasteiger partial charge in [0.05, 0.1) is 12.2 Å². The van der Waals surface area contributed by atoms with Crippen molar-refractivity contribution in [2.24, 2.45) is 5.92 Å². The Balaban J connectivity index is 2.29. The first-order valence-corrected chi connectivity index (χ1v) is 5.39. The monoisotopic (exact) mass is 225 g/mol. The van der Waals surface area contributed by atoms with Crippen LogP contribution < -0.4 is 10.5 Å². The molecule has 5 heteroatoms. The normalized spacial score (nSPS) is 10.8. The van der Waals surface area contributed by atoms with Crippen molar-refractivity contribution in [3.8, 4) is 5.88 Å². The summed E-state index contributed by atoms with van der Waals surface area (Å²) in [6.07, 6.45) is 1.40. The van der Waals surface area contributed by atoms with Gasteiger partial charge < -0.3 is 15.2 Å². The van der Waals surface area contributed by atoms with E-state index in [1.54, 1.807) is 0 Å². The minimum absolute atomic E-state index is 0.452. The molecule has 0 spiro atoms. The second kappa shape index (κ2) is 6.27. The number of hydrogen-bond donors (Lipinski definition) is 1. The number of aromatic nitrogens is 2. The predicted octanol–water partition coefficient (Wildman–Crippen LogP) is 1.42. The highest BCUT2D eigenvalue weighted by atomic mass is 16.5. The SMILES string of the molecule is Cc1c(N)ncnc1OCCOCC(C)C. The van der Waals surface area contributed by atoms with Crippen LogP contribution in [0.15, 0.2) is 6.33 Å². The zero-order valence-corrected chi connectivity index (χ0v) is 10.1. The van der Waals surface area contributed by atoms with E-state index in [9.17, 15) is 0 Å². The van der Waals surface area contributed by atoms with Gasteiger partial charge in [0.2, 0.25) is 5.88 Å². The van der Waals surface area contributed by atoms with Crippen molar-refractivity contribution in [1.82, 2.24) is 9.97 Å². The standard InChI is InChI=1S/C11H19N3O2/c1-8(2)6-15-4-5-16-11-9(3)10(12)13-7-14-11/h7-8H,4-6H2,1-3H3,(H2,12,13,14). The molecule has 0 saturated heterocycles. The van der Waals surface area contributed by atoms with Gasteiger partial charge in [0.25, 0.3) is 0 Å². The zero-order valence-electron chi connectivity index (χ0n) is 10.1.